The summed E-state index contributed by atoms with van der Waals surface area (Å²) in [6.45, 7) is 25.7. The third kappa shape index (κ3) is 9.02. The molecule has 2 aromatic heterocycles. The number of pyridine rings is 1. The normalized spacial score (nSPS) is 13.6. The van der Waals surface area contributed by atoms with Gasteiger partial charge in [0.05, 0.1) is 23.4 Å². The van der Waals surface area contributed by atoms with Crippen LogP contribution in [0.25, 0.3) is 44.4 Å². The van der Waals surface area contributed by atoms with Crippen LogP contribution in [0.15, 0.2) is 188 Å². The Morgan fingerprint density at radius 1 is 0.429 bits per heavy atom. The van der Waals surface area contributed by atoms with Gasteiger partial charge in [0.2, 0.25) is 0 Å². The van der Waals surface area contributed by atoms with E-state index in [-0.39, 0.29) is 21.7 Å². The fourth-order valence-electron chi connectivity index (χ4n) is 9.81. The fraction of sp³-hybridized carbons (Fsp3) is 0.246. The predicted octanol–water partition coefficient (Wildman–Crippen LogP) is 17.1. The lowest BCUT2D eigenvalue weighted by Crippen LogP contribution is -2.27. The second-order valence-electron chi connectivity index (χ2n) is 22.8. The van der Waals surface area contributed by atoms with Crippen molar-refractivity contribution in [3.05, 3.63) is 222 Å². The molecule has 0 N–H and O–H groups in total. The van der Waals surface area contributed by atoms with Crippen LogP contribution in [0.4, 0.5) is 11.4 Å². The molecular formula is C65H66N4O. The van der Waals surface area contributed by atoms with Crippen LogP contribution >= 0.6 is 0 Å². The molecular weight excluding hydrogens is 853 g/mol. The highest BCUT2D eigenvalue weighted by Gasteiger charge is 2.31. The molecule has 70 heavy (non-hydrogen) atoms. The van der Waals surface area contributed by atoms with E-state index in [0.29, 0.717) is 6.67 Å². The van der Waals surface area contributed by atoms with Crippen LogP contribution < -0.4 is 14.5 Å². The van der Waals surface area contributed by atoms with Gasteiger partial charge in [0.15, 0.2) is 0 Å². The molecule has 7 aromatic carbocycles. The standard InChI is InChI=1S/C65H66N4O/c1-62(2,3)48-27-30-58-57(38-48)56-29-28-54(41-59(56)69(58)61-39-49(31-32-66-61)63(4,5)6)70-55-37-51(65(10,11)47-25-19-14-20-26-47)36-53(40-55)68-43-67(42-60(68)45-23-17-13-18-24-45)52-34-46(44-21-15-12-16-22-44)33-50(35-52)64(7,8)9/h12-42H,43H2,1-11H3. The van der Waals surface area contributed by atoms with Crippen molar-refractivity contribution in [1.29, 1.82) is 0 Å². The Bertz CT molecular complexity index is 3400. The van der Waals surface area contributed by atoms with E-state index in [9.17, 15) is 0 Å². The van der Waals surface area contributed by atoms with Gasteiger partial charge in [0, 0.05) is 52.1 Å². The lowest BCUT2D eigenvalue weighted by atomic mass is 9.78. The van der Waals surface area contributed by atoms with E-state index in [1.807, 2.05) is 6.20 Å². The average molecular weight is 919 g/mol. The number of anilines is 2. The van der Waals surface area contributed by atoms with E-state index in [4.69, 9.17) is 9.72 Å². The molecule has 0 amide bonds. The molecule has 1 aliphatic rings. The summed E-state index contributed by atoms with van der Waals surface area (Å²) in [5.41, 5.74) is 14.8. The van der Waals surface area contributed by atoms with Crippen LogP contribution in [-0.4, -0.2) is 16.2 Å². The number of fused-ring (bicyclic) bond motifs is 3. The van der Waals surface area contributed by atoms with Gasteiger partial charge < -0.3 is 14.5 Å². The van der Waals surface area contributed by atoms with Gasteiger partial charge in [0.1, 0.15) is 17.3 Å². The van der Waals surface area contributed by atoms with Gasteiger partial charge in [-0.05, 0) is 121 Å². The zero-order valence-corrected chi connectivity index (χ0v) is 42.8. The number of ether oxygens (including phenoxy) is 1. The summed E-state index contributed by atoms with van der Waals surface area (Å²) in [6, 6.07) is 64.0. The number of rotatable bonds is 9. The SMILES string of the molecule is CC(C)(C)c1cc(-c2ccccc2)cc(N2C=C(c3ccccc3)N(c3cc(Oc4ccc5c6cc(C(C)(C)C)ccc6n(-c6cc(C(C)(C)C)ccn6)c5c4)cc(C(C)(C)c4ccccc4)c3)C2)c1. The first-order valence-electron chi connectivity index (χ1n) is 24.8. The van der Waals surface area contributed by atoms with Gasteiger partial charge in [-0.15, -0.1) is 0 Å². The maximum absolute atomic E-state index is 7.18. The van der Waals surface area contributed by atoms with Gasteiger partial charge >= 0.3 is 0 Å². The molecule has 0 radical (unpaired) electrons. The second kappa shape index (κ2) is 17.5. The molecule has 0 atom stereocenters. The molecule has 3 heterocycles. The Morgan fingerprint density at radius 3 is 1.73 bits per heavy atom. The molecule has 0 unspecified atom stereocenters. The van der Waals surface area contributed by atoms with Crippen molar-refractivity contribution >= 4 is 38.9 Å². The fourth-order valence-corrected chi connectivity index (χ4v) is 9.81. The summed E-state index contributed by atoms with van der Waals surface area (Å²) in [5.74, 6) is 2.42. The molecule has 0 fully saturated rings. The Balaban J connectivity index is 1.12. The lowest BCUT2D eigenvalue weighted by molar-refractivity contribution is 0.480. The molecule has 5 heteroatoms. The summed E-state index contributed by atoms with van der Waals surface area (Å²) >= 11 is 0. The van der Waals surface area contributed by atoms with Crippen molar-refractivity contribution in [3.63, 3.8) is 0 Å². The van der Waals surface area contributed by atoms with E-state index in [0.717, 1.165) is 61.9 Å². The van der Waals surface area contributed by atoms with E-state index in [2.05, 4.69) is 273 Å². The van der Waals surface area contributed by atoms with Crippen LogP contribution in [-0.2, 0) is 21.7 Å². The van der Waals surface area contributed by atoms with Crippen LogP contribution in [0.1, 0.15) is 110 Å². The third-order valence-electron chi connectivity index (χ3n) is 14.3. The number of benzene rings is 7. The van der Waals surface area contributed by atoms with Gasteiger partial charge in [-0.25, -0.2) is 4.98 Å². The largest absolute Gasteiger partial charge is 0.457 e. The predicted molar refractivity (Wildman–Crippen MR) is 296 cm³/mol. The van der Waals surface area contributed by atoms with Gasteiger partial charge in [-0.2, -0.15) is 0 Å². The van der Waals surface area contributed by atoms with Crippen molar-refractivity contribution < 1.29 is 4.74 Å². The Labute approximate surface area is 415 Å². The van der Waals surface area contributed by atoms with E-state index in [1.165, 1.54) is 38.8 Å². The molecule has 0 aliphatic carbocycles. The summed E-state index contributed by atoms with van der Waals surface area (Å²) in [7, 11) is 0. The van der Waals surface area contributed by atoms with Crippen molar-refractivity contribution in [1.82, 2.24) is 9.55 Å². The number of hydrogen-bond acceptors (Lipinski definition) is 4. The average Bonchev–Trinajstić information content (AvgIpc) is 3.94. The first kappa shape index (κ1) is 46.4. The maximum Gasteiger partial charge on any atom is 0.137 e. The highest BCUT2D eigenvalue weighted by molar-refractivity contribution is 6.10. The molecule has 352 valence electrons. The van der Waals surface area contributed by atoms with Crippen molar-refractivity contribution in [2.24, 2.45) is 0 Å². The Kier molecular flexibility index (Phi) is 11.6. The number of aromatic nitrogens is 2. The molecule has 10 rings (SSSR count). The lowest BCUT2D eigenvalue weighted by Gasteiger charge is -2.30. The number of nitrogens with zero attached hydrogens (tertiary/aromatic N) is 4. The Hall–Kier alpha value is -7.37. The van der Waals surface area contributed by atoms with Crippen LogP contribution in [0, 0.1) is 0 Å². The van der Waals surface area contributed by atoms with E-state index < -0.39 is 0 Å². The first-order chi connectivity index (χ1) is 33.3. The minimum absolute atomic E-state index is 0.00415. The molecule has 9 aromatic rings. The minimum Gasteiger partial charge on any atom is -0.457 e. The molecule has 1 aliphatic heterocycles. The van der Waals surface area contributed by atoms with Crippen molar-refractivity contribution in [2.75, 3.05) is 16.5 Å². The molecule has 0 spiro atoms. The smallest absolute Gasteiger partial charge is 0.137 e. The molecule has 0 saturated heterocycles. The van der Waals surface area contributed by atoms with Crippen LogP contribution in [0.3, 0.4) is 0 Å². The molecule has 0 bridgehead atoms. The summed E-state index contributed by atoms with van der Waals surface area (Å²) in [6.07, 6.45) is 4.27. The highest BCUT2D eigenvalue weighted by Crippen LogP contribution is 2.44. The summed E-state index contributed by atoms with van der Waals surface area (Å²) in [5, 5.41) is 2.37. The highest BCUT2D eigenvalue weighted by atomic mass is 16.5. The molecule has 5 nitrogen and oxygen atoms in total. The van der Waals surface area contributed by atoms with E-state index in [1.54, 1.807) is 0 Å². The Morgan fingerprint density at radius 2 is 1.06 bits per heavy atom. The van der Waals surface area contributed by atoms with Gasteiger partial charge in [-0.1, -0.05) is 179 Å². The minimum atomic E-state index is -0.345. The van der Waals surface area contributed by atoms with Gasteiger partial charge in [0.25, 0.3) is 0 Å². The topological polar surface area (TPSA) is 33.5 Å². The van der Waals surface area contributed by atoms with Gasteiger partial charge in [-0.3, -0.25) is 4.57 Å². The van der Waals surface area contributed by atoms with Crippen LogP contribution in [0.2, 0.25) is 0 Å². The number of hydrogen-bond donors (Lipinski definition) is 0. The second-order valence-corrected chi connectivity index (χ2v) is 22.8. The van der Waals surface area contributed by atoms with Crippen molar-refractivity contribution in [2.45, 2.75) is 97.8 Å². The van der Waals surface area contributed by atoms with Crippen molar-refractivity contribution in [3.8, 4) is 28.4 Å². The van der Waals surface area contributed by atoms with E-state index >= 15 is 0 Å². The van der Waals surface area contributed by atoms with Crippen LogP contribution in [0.5, 0.6) is 11.5 Å². The summed E-state index contributed by atoms with van der Waals surface area (Å²) < 4.78 is 9.49. The zero-order chi connectivity index (χ0) is 49.2. The monoisotopic (exact) mass is 919 g/mol. The maximum atomic E-state index is 7.18. The molecule has 0 saturated carbocycles. The first-order valence-corrected chi connectivity index (χ1v) is 24.8. The zero-order valence-electron chi connectivity index (χ0n) is 42.8. The summed E-state index contributed by atoms with van der Waals surface area (Å²) in [4.78, 5) is 9.86. The quantitative estimate of drug-likeness (QED) is 0.144. The third-order valence-corrected chi connectivity index (χ3v) is 14.3.